The van der Waals surface area contributed by atoms with Gasteiger partial charge in [-0.2, -0.15) is 0 Å². The molecule has 1 amide bonds. The number of sulfonamides is 1. The maximum Gasteiger partial charge on any atom is 0.261 e. The molecule has 0 unspecified atom stereocenters. The second kappa shape index (κ2) is 10.6. The van der Waals surface area contributed by atoms with Crippen molar-refractivity contribution in [2.45, 2.75) is 22.5 Å². The summed E-state index contributed by atoms with van der Waals surface area (Å²) in [7, 11) is -3.73. The minimum atomic E-state index is -3.73. The van der Waals surface area contributed by atoms with Crippen molar-refractivity contribution in [3.8, 4) is 0 Å². The fourth-order valence-electron chi connectivity index (χ4n) is 3.27. The number of carbonyl (C=O) groups excluding carboxylic acids is 1. The largest absolute Gasteiger partial charge is 0.322 e. The van der Waals surface area contributed by atoms with E-state index in [0.717, 1.165) is 16.2 Å². The molecule has 0 spiro atoms. The first-order chi connectivity index (χ1) is 16.4. The van der Waals surface area contributed by atoms with Gasteiger partial charge in [0.15, 0.2) is 0 Å². The number of hydrogen-bond acceptors (Lipinski definition) is 4. The Morgan fingerprint density at radius 1 is 0.765 bits per heavy atom. The fraction of sp³-hybridized carbons (Fsp3) is 0.0741. The van der Waals surface area contributed by atoms with Gasteiger partial charge in [-0.1, -0.05) is 60.2 Å². The molecule has 172 valence electrons. The van der Waals surface area contributed by atoms with E-state index >= 15 is 0 Å². The van der Waals surface area contributed by atoms with Crippen LogP contribution in [-0.2, 0) is 15.8 Å². The summed E-state index contributed by atoms with van der Waals surface area (Å²) in [6.07, 6.45) is 0. The molecule has 0 radical (unpaired) electrons. The first-order valence-corrected chi connectivity index (χ1v) is 13.1. The second-order valence-corrected chi connectivity index (χ2v) is 10.4. The molecule has 0 bridgehead atoms. The first-order valence-electron chi connectivity index (χ1n) is 10.7. The molecule has 2 N–H and O–H groups in total. The Balaban J connectivity index is 1.43. The molecule has 0 atom stereocenters. The number of nitrogens with one attached hydrogen (secondary N) is 2. The van der Waals surface area contributed by atoms with Crippen LogP contribution in [0.5, 0.6) is 0 Å². The molecule has 0 aromatic heterocycles. The lowest BCUT2D eigenvalue weighted by Crippen LogP contribution is -2.14. The van der Waals surface area contributed by atoms with Gasteiger partial charge in [-0.05, 0) is 61.0 Å². The molecule has 34 heavy (non-hydrogen) atoms. The predicted molar refractivity (Wildman–Crippen MR) is 139 cm³/mol. The van der Waals surface area contributed by atoms with Gasteiger partial charge in [0.1, 0.15) is 0 Å². The van der Waals surface area contributed by atoms with Crippen LogP contribution in [0.1, 0.15) is 21.5 Å². The van der Waals surface area contributed by atoms with E-state index in [2.05, 4.69) is 22.2 Å². The van der Waals surface area contributed by atoms with Crippen molar-refractivity contribution in [2.75, 3.05) is 10.0 Å². The van der Waals surface area contributed by atoms with E-state index in [9.17, 15) is 13.2 Å². The van der Waals surface area contributed by atoms with Crippen LogP contribution in [0.25, 0.3) is 0 Å². The molecule has 0 heterocycles. The van der Waals surface area contributed by atoms with Crippen molar-refractivity contribution in [1.29, 1.82) is 0 Å². The average molecular weight is 489 g/mol. The topological polar surface area (TPSA) is 75.3 Å². The van der Waals surface area contributed by atoms with Gasteiger partial charge in [0, 0.05) is 22.0 Å². The van der Waals surface area contributed by atoms with Crippen LogP contribution in [0, 0.1) is 6.92 Å². The molecule has 0 fully saturated rings. The van der Waals surface area contributed by atoms with Gasteiger partial charge in [-0.15, -0.1) is 11.8 Å². The van der Waals surface area contributed by atoms with Crippen molar-refractivity contribution in [2.24, 2.45) is 0 Å². The Labute approximate surface area is 204 Å². The zero-order chi connectivity index (χ0) is 24.0. The molecule has 0 saturated carbocycles. The number of aryl methyl sites for hydroxylation is 1. The van der Waals surface area contributed by atoms with Gasteiger partial charge in [0.25, 0.3) is 15.9 Å². The number of benzene rings is 4. The van der Waals surface area contributed by atoms with E-state index in [1.54, 1.807) is 42.1 Å². The van der Waals surface area contributed by atoms with E-state index in [0.29, 0.717) is 16.9 Å². The van der Waals surface area contributed by atoms with Gasteiger partial charge in [0.2, 0.25) is 0 Å². The molecule has 4 aromatic rings. The molecular formula is C27H24N2O3S2. The van der Waals surface area contributed by atoms with Crippen LogP contribution < -0.4 is 10.0 Å². The lowest BCUT2D eigenvalue weighted by Gasteiger charge is -2.11. The van der Waals surface area contributed by atoms with Gasteiger partial charge < -0.3 is 5.32 Å². The van der Waals surface area contributed by atoms with Crippen molar-refractivity contribution in [1.82, 2.24) is 0 Å². The second-order valence-electron chi connectivity index (χ2n) is 7.72. The molecular weight excluding hydrogens is 464 g/mol. The highest BCUT2D eigenvalue weighted by Gasteiger charge is 2.16. The Kier molecular flexibility index (Phi) is 7.35. The minimum Gasteiger partial charge on any atom is -0.322 e. The number of amides is 1. The summed E-state index contributed by atoms with van der Waals surface area (Å²) in [6, 6.07) is 30.8. The van der Waals surface area contributed by atoms with E-state index in [4.69, 9.17) is 0 Å². The summed E-state index contributed by atoms with van der Waals surface area (Å²) in [5, 5.41) is 2.86. The summed E-state index contributed by atoms with van der Waals surface area (Å²) >= 11 is 1.60. The minimum absolute atomic E-state index is 0.116. The van der Waals surface area contributed by atoms with Crippen LogP contribution in [-0.4, -0.2) is 14.3 Å². The molecule has 4 rings (SSSR count). The summed E-state index contributed by atoms with van der Waals surface area (Å²) < 4.78 is 27.9. The van der Waals surface area contributed by atoms with Crippen molar-refractivity contribution in [3.63, 3.8) is 0 Å². The number of thioether (sulfide) groups is 1. The first kappa shape index (κ1) is 23.6. The molecule has 0 aliphatic rings. The standard InChI is InChI=1S/C27H24N2O3S2/c1-20-11-13-23(14-12-20)29-34(31,32)24-17-15-22(16-18-24)28-27(30)25-9-5-6-10-26(25)33-19-21-7-3-2-4-8-21/h2-18,29H,19H2,1H3,(H,28,30). The average Bonchev–Trinajstić information content (AvgIpc) is 2.85. The fourth-order valence-corrected chi connectivity index (χ4v) is 5.33. The van der Waals surface area contributed by atoms with E-state index in [-0.39, 0.29) is 10.8 Å². The van der Waals surface area contributed by atoms with E-state index < -0.39 is 10.0 Å². The SMILES string of the molecule is Cc1ccc(NS(=O)(=O)c2ccc(NC(=O)c3ccccc3SCc3ccccc3)cc2)cc1. The Bertz CT molecular complexity index is 1370. The van der Waals surface area contributed by atoms with Crippen molar-refractivity contribution < 1.29 is 13.2 Å². The van der Waals surface area contributed by atoms with Crippen molar-refractivity contribution >= 4 is 39.1 Å². The Hall–Kier alpha value is -3.55. The molecule has 0 aliphatic carbocycles. The molecule has 0 saturated heterocycles. The Morgan fingerprint density at radius 3 is 2.09 bits per heavy atom. The van der Waals surface area contributed by atoms with Crippen LogP contribution in [0.2, 0.25) is 0 Å². The summed E-state index contributed by atoms with van der Waals surface area (Å²) in [5.41, 5.74) is 3.80. The maximum absolute atomic E-state index is 12.9. The van der Waals surface area contributed by atoms with Crippen LogP contribution in [0.15, 0.2) is 113 Å². The lowest BCUT2D eigenvalue weighted by atomic mass is 10.2. The van der Waals surface area contributed by atoms with Crippen LogP contribution in [0.3, 0.4) is 0 Å². The molecule has 0 aliphatic heterocycles. The third kappa shape index (κ3) is 6.07. The highest BCUT2D eigenvalue weighted by Crippen LogP contribution is 2.27. The number of carbonyl (C=O) groups is 1. The maximum atomic E-state index is 12.9. The van der Waals surface area contributed by atoms with Gasteiger partial charge in [0.05, 0.1) is 10.5 Å². The monoisotopic (exact) mass is 488 g/mol. The van der Waals surface area contributed by atoms with Crippen molar-refractivity contribution in [3.05, 3.63) is 120 Å². The smallest absolute Gasteiger partial charge is 0.261 e. The summed E-state index contributed by atoms with van der Waals surface area (Å²) in [5.74, 6) is 0.510. The number of anilines is 2. The highest BCUT2D eigenvalue weighted by atomic mass is 32.2. The Morgan fingerprint density at radius 2 is 1.38 bits per heavy atom. The third-order valence-electron chi connectivity index (χ3n) is 5.10. The normalized spacial score (nSPS) is 11.1. The van der Waals surface area contributed by atoms with Crippen LogP contribution in [0.4, 0.5) is 11.4 Å². The van der Waals surface area contributed by atoms with E-state index in [1.165, 1.54) is 17.7 Å². The highest BCUT2D eigenvalue weighted by molar-refractivity contribution is 7.98. The zero-order valence-corrected chi connectivity index (χ0v) is 20.2. The van der Waals surface area contributed by atoms with Gasteiger partial charge >= 0.3 is 0 Å². The summed E-state index contributed by atoms with van der Waals surface area (Å²) in [4.78, 5) is 13.9. The third-order valence-corrected chi connectivity index (χ3v) is 7.64. The molecule has 4 aromatic carbocycles. The van der Waals surface area contributed by atoms with Gasteiger partial charge in [-0.25, -0.2) is 8.42 Å². The zero-order valence-electron chi connectivity index (χ0n) is 18.6. The summed E-state index contributed by atoms with van der Waals surface area (Å²) in [6.45, 7) is 1.94. The lowest BCUT2D eigenvalue weighted by molar-refractivity contribution is 0.102. The molecule has 7 heteroatoms. The predicted octanol–water partition coefficient (Wildman–Crippen LogP) is 6.34. The number of rotatable bonds is 8. The number of hydrogen-bond donors (Lipinski definition) is 2. The van der Waals surface area contributed by atoms with Gasteiger partial charge in [-0.3, -0.25) is 9.52 Å². The molecule has 5 nitrogen and oxygen atoms in total. The van der Waals surface area contributed by atoms with Crippen LogP contribution >= 0.6 is 11.8 Å². The van der Waals surface area contributed by atoms with E-state index in [1.807, 2.05) is 55.5 Å². The quantitative estimate of drug-likeness (QED) is 0.284.